The minimum absolute atomic E-state index is 0.000521. The number of hydrogen-bond acceptors (Lipinski definition) is 4. The molecule has 20 heavy (non-hydrogen) atoms. The van der Waals surface area contributed by atoms with Crippen LogP contribution in [0.15, 0.2) is 18.2 Å². The first kappa shape index (κ1) is 16.3. The minimum Gasteiger partial charge on any atom is -0.497 e. The number of methoxy groups -OCH3 is 2. The topological polar surface area (TPSA) is 59.6 Å². The number of amides is 1. The van der Waals surface area contributed by atoms with Crippen molar-refractivity contribution in [2.24, 2.45) is 0 Å². The van der Waals surface area contributed by atoms with Crippen molar-refractivity contribution in [2.75, 3.05) is 27.3 Å². The summed E-state index contributed by atoms with van der Waals surface area (Å²) < 4.78 is 10.6. The number of ether oxygens (including phenoxy) is 2. The lowest BCUT2D eigenvalue weighted by molar-refractivity contribution is -0.120. The van der Waals surface area contributed by atoms with Gasteiger partial charge in [-0.15, -0.1) is 0 Å². The van der Waals surface area contributed by atoms with Gasteiger partial charge in [0.2, 0.25) is 5.91 Å². The summed E-state index contributed by atoms with van der Waals surface area (Å²) in [7, 11) is 3.26. The molecule has 0 saturated heterocycles. The van der Waals surface area contributed by atoms with Crippen LogP contribution in [0.25, 0.3) is 0 Å². The van der Waals surface area contributed by atoms with Crippen LogP contribution in [0.1, 0.15) is 31.9 Å². The summed E-state index contributed by atoms with van der Waals surface area (Å²) in [4.78, 5) is 11.6. The predicted octanol–water partition coefficient (Wildman–Crippen LogP) is 1.88. The van der Waals surface area contributed by atoms with E-state index in [0.717, 1.165) is 23.5 Å². The number of nitrogens with one attached hydrogen (secondary N) is 2. The molecule has 0 radical (unpaired) electrons. The second-order valence-electron chi connectivity index (χ2n) is 4.56. The lowest BCUT2D eigenvalue weighted by atomic mass is 10.1. The van der Waals surface area contributed by atoms with Crippen molar-refractivity contribution in [3.63, 3.8) is 0 Å². The number of carbonyl (C=O) groups excluding carboxylic acids is 1. The maximum Gasteiger partial charge on any atom is 0.233 e. The monoisotopic (exact) mass is 280 g/mol. The number of rotatable bonds is 8. The van der Waals surface area contributed by atoms with Gasteiger partial charge >= 0.3 is 0 Å². The molecule has 0 bridgehead atoms. The van der Waals surface area contributed by atoms with Crippen LogP contribution < -0.4 is 20.1 Å². The number of hydrogen-bond donors (Lipinski definition) is 2. The highest BCUT2D eigenvalue weighted by Crippen LogP contribution is 2.28. The SMILES string of the molecule is CCCNC(=O)CNC(C)c1cc(OC)ccc1OC. The predicted molar refractivity (Wildman–Crippen MR) is 79.3 cm³/mol. The van der Waals surface area contributed by atoms with Crippen molar-refractivity contribution < 1.29 is 14.3 Å². The fourth-order valence-corrected chi connectivity index (χ4v) is 1.86. The third-order valence-corrected chi connectivity index (χ3v) is 3.04. The van der Waals surface area contributed by atoms with Gasteiger partial charge in [0, 0.05) is 18.2 Å². The molecular weight excluding hydrogens is 256 g/mol. The zero-order valence-electron chi connectivity index (χ0n) is 12.7. The van der Waals surface area contributed by atoms with E-state index >= 15 is 0 Å². The van der Waals surface area contributed by atoms with Crippen LogP contribution in [-0.2, 0) is 4.79 Å². The lowest BCUT2D eigenvalue weighted by Gasteiger charge is -2.18. The van der Waals surface area contributed by atoms with Crippen LogP contribution in [0, 0.1) is 0 Å². The standard InChI is InChI=1S/C15H24N2O3/c1-5-8-16-15(18)10-17-11(2)13-9-12(19-3)6-7-14(13)20-4/h6-7,9,11,17H,5,8,10H2,1-4H3,(H,16,18). The quantitative estimate of drug-likeness (QED) is 0.763. The van der Waals surface area contributed by atoms with Crippen molar-refractivity contribution in [2.45, 2.75) is 26.3 Å². The third-order valence-electron chi connectivity index (χ3n) is 3.04. The summed E-state index contributed by atoms with van der Waals surface area (Å²) in [6, 6.07) is 5.62. The van der Waals surface area contributed by atoms with Gasteiger partial charge in [-0.25, -0.2) is 0 Å². The Bertz CT molecular complexity index is 435. The fourth-order valence-electron chi connectivity index (χ4n) is 1.86. The average Bonchev–Trinajstić information content (AvgIpc) is 2.49. The van der Waals surface area contributed by atoms with Crippen LogP contribution in [0.5, 0.6) is 11.5 Å². The van der Waals surface area contributed by atoms with Crippen molar-refractivity contribution in [1.82, 2.24) is 10.6 Å². The summed E-state index contributed by atoms with van der Waals surface area (Å²) in [5.74, 6) is 1.55. The van der Waals surface area contributed by atoms with Crippen molar-refractivity contribution in [1.29, 1.82) is 0 Å². The van der Waals surface area contributed by atoms with Crippen LogP contribution in [-0.4, -0.2) is 33.2 Å². The molecule has 1 atom stereocenters. The molecule has 1 aromatic carbocycles. The summed E-state index contributed by atoms with van der Waals surface area (Å²) in [5, 5.41) is 6.02. The van der Waals surface area contributed by atoms with Crippen molar-refractivity contribution in [3.8, 4) is 11.5 Å². The maximum absolute atomic E-state index is 11.6. The molecule has 0 fully saturated rings. The maximum atomic E-state index is 11.6. The Morgan fingerprint density at radius 3 is 2.65 bits per heavy atom. The van der Waals surface area contributed by atoms with E-state index in [2.05, 4.69) is 10.6 Å². The normalized spacial score (nSPS) is 11.8. The second-order valence-corrected chi connectivity index (χ2v) is 4.56. The molecule has 5 nitrogen and oxygen atoms in total. The first-order valence-corrected chi connectivity index (χ1v) is 6.84. The molecule has 5 heteroatoms. The Kier molecular flexibility index (Phi) is 6.87. The lowest BCUT2D eigenvalue weighted by Crippen LogP contribution is -2.35. The molecule has 2 N–H and O–H groups in total. The molecule has 1 rings (SSSR count). The van der Waals surface area contributed by atoms with Crippen LogP contribution in [0.2, 0.25) is 0 Å². The molecule has 1 unspecified atom stereocenters. The van der Waals surface area contributed by atoms with E-state index in [1.165, 1.54) is 0 Å². The van der Waals surface area contributed by atoms with E-state index in [-0.39, 0.29) is 18.5 Å². The molecule has 0 spiro atoms. The average molecular weight is 280 g/mol. The van der Waals surface area contributed by atoms with Crippen LogP contribution >= 0.6 is 0 Å². The zero-order chi connectivity index (χ0) is 15.0. The van der Waals surface area contributed by atoms with E-state index in [1.807, 2.05) is 32.0 Å². The number of carbonyl (C=O) groups is 1. The van der Waals surface area contributed by atoms with Gasteiger partial charge in [-0.3, -0.25) is 4.79 Å². The Labute approximate surface area is 120 Å². The number of benzene rings is 1. The van der Waals surface area contributed by atoms with E-state index in [4.69, 9.17) is 9.47 Å². The van der Waals surface area contributed by atoms with Crippen molar-refractivity contribution >= 4 is 5.91 Å². The van der Waals surface area contributed by atoms with Gasteiger partial charge in [0.05, 0.1) is 20.8 Å². The molecule has 0 aliphatic heterocycles. The summed E-state index contributed by atoms with van der Waals surface area (Å²) in [6.07, 6.45) is 0.936. The van der Waals surface area contributed by atoms with E-state index in [0.29, 0.717) is 6.54 Å². The van der Waals surface area contributed by atoms with Gasteiger partial charge in [-0.1, -0.05) is 6.92 Å². The van der Waals surface area contributed by atoms with Gasteiger partial charge in [0.15, 0.2) is 0 Å². The van der Waals surface area contributed by atoms with E-state index < -0.39 is 0 Å². The highest BCUT2D eigenvalue weighted by atomic mass is 16.5. The van der Waals surface area contributed by atoms with E-state index in [1.54, 1.807) is 14.2 Å². The van der Waals surface area contributed by atoms with E-state index in [9.17, 15) is 4.79 Å². The molecular formula is C15H24N2O3. The third kappa shape index (κ3) is 4.74. The molecule has 0 aromatic heterocycles. The Morgan fingerprint density at radius 1 is 1.30 bits per heavy atom. The zero-order valence-corrected chi connectivity index (χ0v) is 12.7. The van der Waals surface area contributed by atoms with Gasteiger partial charge in [0.25, 0.3) is 0 Å². The molecule has 0 saturated carbocycles. The van der Waals surface area contributed by atoms with Gasteiger partial charge < -0.3 is 20.1 Å². The molecule has 0 aliphatic rings. The molecule has 112 valence electrons. The van der Waals surface area contributed by atoms with Gasteiger partial charge in [0.1, 0.15) is 11.5 Å². The molecule has 1 amide bonds. The molecule has 0 aliphatic carbocycles. The highest BCUT2D eigenvalue weighted by molar-refractivity contribution is 5.78. The van der Waals surface area contributed by atoms with Gasteiger partial charge in [-0.05, 0) is 31.5 Å². The fraction of sp³-hybridized carbons (Fsp3) is 0.533. The first-order valence-electron chi connectivity index (χ1n) is 6.84. The summed E-state index contributed by atoms with van der Waals surface area (Å²) in [5.41, 5.74) is 0.968. The van der Waals surface area contributed by atoms with Crippen LogP contribution in [0.4, 0.5) is 0 Å². The molecule has 0 heterocycles. The highest BCUT2D eigenvalue weighted by Gasteiger charge is 2.13. The first-order chi connectivity index (χ1) is 9.62. The second kappa shape index (κ2) is 8.43. The molecule has 1 aromatic rings. The Balaban J connectivity index is 2.66. The minimum atomic E-state index is -0.00701. The van der Waals surface area contributed by atoms with Crippen molar-refractivity contribution in [3.05, 3.63) is 23.8 Å². The summed E-state index contributed by atoms with van der Waals surface area (Å²) in [6.45, 7) is 5.00. The Morgan fingerprint density at radius 2 is 2.05 bits per heavy atom. The largest absolute Gasteiger partial charge is 0.497 e. The van der Waals surface area contributed by atoms with Gasteiger partial charge in [-0.2, -0.15) is 0 Å². The Hall–Kier alpha value is -1.75. The van der Waals surface area contributed by atoms with Crippen LogP contribution in [0.3, 0.4) is 0 Å². The summed E-state index contributed by atoms with van der Waals surface area (Å²) >= 11 is 0. The smallest absolute Gasteiger partial charge is 0.233 e.